The molecule has 3 nitrogen and oxygen atoms in total. The summed E-state index contributed by atoms with van der Waals surface area (Å²) < 4.78 is 32.5. The second-order valence-electron chi connectivity index (χ2n) is 6.05. The van der Waals surface area contributed by atoms with Gasteiger partial charge in [0.2, 0.25) is 0 Å². The highest BCUT2D eigenvalue weighted by Crippen LogP contribution is 2.26. The van der Waals surface area contributed by atoms with Gasteiger partial charge in [0.05, 0.1) is 12.8 Å². The maximum Gasteiger partial charge on any atom is 0.123 e. The topological polar surface area (TPSA) is 24.5 Å². The van der Waals surface area contributed by atoms with E-state index in [0.717, 1.165) is 24.1 Å². The lowest BCUT2D eigenvalue weighted by molar-refractivity contribution is 0.0530. The van der Waals surface area contributed by atoms with Gasteiger partial charge in [-0.1, -0.05) is 31.2 Å². The van der Waals surface area contributed by atoms with E-state index in [4.69, 9.17) is 4.74 Å². The minimum Gasteiger partial charge on any atom is -0.367 e. The normalized spacial score (nSPS) is 12.8. The Bertz CT molecular complexity index is 582. The van der Waals surface area contributed by atoms with Crippen LogP contribution in [0.5, 0.6) is 0 Å². The van der Waals surface area contributed by atoms with Crippen LogP contribution < -0.4 is 5.32 Å². The van der Waals surface area contributed by atoms with E-state index in [2.05, 4.69) is 17.1 Å². The summed E-state index contributed by atoms with van der Waals surface area (Å²) in [7, 11) is 3.98. The SMILES string of the molecule is CCC(NC)N(C)CCOC(c1ccc(F)cc1)c1ccc(F)cc1. The number of likely N-dealkylation sites (N-methyl/N-ethyl adjacent to an activating group) is 1. The van der Waals surface area contributed by atoms with Crippen molar-refractivity contribution in [3.63, 3.8) is 0 Å². The fourth-order valence-corrected chi connectivity index (χ4v) is 2.87. The fourth-order valence-electron chi connectivity index (χ4n) is 2.87. The summed E-state index contributed by atoms with van der Waals surface area (Å²) in [5.74, 6) is -0.581. The van der Waals surface area contributed by atoms with Crippen molar-refractivity contribution in [1.82, 2.24) is 10.2 Å². The van der Waals surface area contributed by atoms with Crippen molar-refractivity contribution in [1.29, 1.82) is 0 Å². The Morgan fingerprint density at radius 1 is 0.960 bits per heavy atom. The number of hydrogen-bond donors (Lipinski definition) is 1. The molecule has 25 heavy (non-hydrogen) atoms. The zero-order valence-corrected chi connectivity index (χ0v) is 15.0. The molecule has 5 heteroatoms. The largest absolute Gasteiger partial charge is 0.367 e. The lowest BCUT2D eigenvalue weighted by atomic mass is 10.0. The Hall–Kier alpha value is -1.82. The molecule has 0 heterocycles. The molecule has 1 N–H and O–H groups in total. The molecule has 0 aromatic heterocycles. The van der Waals surface area contributed by atoms with E-state index in [1.54, 1.807) is 24.3 Å². The van der Waals surface area contributed by atoms with Crippen LogP contribution in [0.1, 0.15) is 30.6 Å². The molecule has 2 aromatic carbocycles. The summed E-state index contributed by atoms with van der Waals surface area (Å²) in [6.07, 6.45) is 0.926. The Balaban J connectivity index is 2.09. The second kappa shape index (κ2) is 9.61. The zero-order valence-electron chi connectivity index (χ0n) is 15.0. The van der Waals surface area contributed by atoms with E-state index in [1.807, 2.05) is 14.1 Å². The highest BCUT2D eigenvalue weighted by Gasteiger charge is 2.16. The molecule has 0 spiro atoms. The molecule has 0 fully saturated rings. The Morgan fingerprint density at radius 3 is 1.84 bits per heavy atom. The molecule has 2 aromatic rings. The molecule has 0 bridgehead atoms. The van der Waals surface area contributed by atoms with Crippen LogP contribution in [0.3, 0.4) is 0 Å². The van der Waals surface area contributed by atoms with E-state index in [-0.39, 0.29) is 17.7 Å². The quantitative estimate of drug-likeness (QED) is 0.694. The monoisotopic (exact) mass is 348 g/mol. The standard InChI is InChI=1S/C20H26F2N2O/c1-4-19(23-2)24(3)13-14-25-20(15-5-9-17(21)10-6-15)16-7-11-18(22)12-8-16/h5-12,19-20,23H,4,13-14H2,1-3H3. The average molecular weight is 348 g/mol. The first kappa shape index (κ1) is 19.5. The summed E-state index contributed by atoms with van der Waals surface area (Å²) >= 11 is 0. The number of nitrogens with one attached hydrogen (secondary N) is 1. The third-order valence-electron chi connectivity index (χ3n) is 4.33. The van der Waals surface area contributed by atoms with Crippen molar-refractivity contribution in [2.45, 2.75) is 25.6 Å². The van der Waals surface area contributed by atoms with Gasteiger partial charge in [-0.3, -0.25) is 4.90 Å². The Labute approximate surface area is 148 Å². The lowest BCUT2D eigenvalue weighted by Crippen LogP contribution is -2.42. The molecule has 0 saturated heterocycles. The molecule has 0 aliphatic heterocycles. The first-order valence-corrected chi connectivity index (χ1v) is 8.55. The van der Waals surface area contributed by atoms with Crippen LogP contribution in [0.25, 0.3) is 0 Å². The molecule has 0 amide bonds. The summed E-state index contributed by atoms with van der Waals surface area (Å²) in [4.78, 5) is 2.19. The minimum absolute atomic E-state index is 0.290. The van der Waals surface area contributed by atoms with Crippen molar-refractivity contribution >= 4 is 0 Å². The van der Waals surface area contributed by atoms with E-state index in [1.165, 1.54) is 24.3 Å². The third kappa shape index (κ3) is 5.59. The summed E-state index contributed by atoms with van der Waals surface area (Å²) in [5, 5.41) is 3.25. The van der Waals surface area contributed by atoms with Crippen LogP contribution in [0.15, 0.2) is 48.5 Å². The smallest absolute Gasteiger partial charge is 0.123 e. The lowest BCUT2D eigenvalue weighted by Gasteiger charge is -2.27. The van der Waals surface area contributed by atoms with Gasteiger partial charge in [0, 0.05) is 6.54 Å². The van der Waals surface area contributed by atoms with Crippen molar-refractivity contribution in [2.75, 3.05) is 27.2 Å². The number of benzene rings is 2. The first-order chi connectivity index (χ1) is 12.0. The summed E-state index contributed by atoms with van der Waals surface area (Å²) in [6, 6.07) is 12.5. The molecule has 136 valence electrons. The molecule has 0 aliphatic rings. The third-order valence-corrected chi connectivity index (χ3v) is 4.33. The van der Waals surface area contributed by atoms with E-state index < -0.39 is 0 Å². The van der Waals surface area contributed by atoms with Crippen molar-refractivity contribution in [3.8, 4) is 0 Å². The van der Waals surface area contributed by atoms with Crippen LogP contribution in [-0.4, -0.2) is 38.3 Å². The van der Waals surface area contributed by atoms with Gasteiger partial charge in [-0.05, 0) is 55.9 Å². The number of nitrogens with zero attached hydrogens (tertiary/aromatic N) is 1. The van der Waals surface area contributed by atoms with Gasteiger partial charge in [0.15, 0.2) is 0 Å². The van der Waals surface area contributed by atoms with Crippen LogP contribution in [0.2, 0.25) is 0 Å². The maximum absolute atomic E-state index is 13.2. The summed E-state index contributed by atoms with van der Waals surface area (Å²) in [6.45, 7) is 3.38. The molecule has 1 unspecified atom stereocenters. The molecular formula is C20H26F2N2O. The van der Waals surface area contributed by atoms with Gasteiger partial charge in [-0.2, -0.15) is 0 Å². The average Bonchev–Trinajstić information content (AvgIpc) is 2.62. The van der Waals surface area contributed by atoms with Gasteiger partial charge in [0.25, 0.3) is 0 Å². The van der Waals surface area contributed by atoms with Crippen LogP contribution in [0, 0.1) is 11.6 Å². The molecule has 2 rings (SSSR count). The van der Waals surface area contributed by atoms with Gasteiger partial charge >= 0.3 is 0 Å². The van der Waals surface area contributed by atoms with Crippen molar-refractivity contribution in [2.24, 2.45) is 0 Å². The molecule has 0 radical (unpaired) electrons. The highest BCUT2D eigenvalue weighted by atomic mass is 19.1. The summed E-state index contributed by atoms with van der Waals surface area (Å²) in [5.41, 5.74) is 1.69. The first-order valence-electron chi connectivity index (χ1n) is 8.55. The highest BCUT2D eigenvalue weighted by molar-refractivity contribution is 5.30. The Morgan fingerprint density at radius 2 is 1.44 bits per heavy atom. The minimum atomic E-state index is -0.357. The van der Waals surface area contributed by atoms with Crippen molar-refractivity contribution < 1.29 is 13.5 Å². The van der Waals surface area contributed by atoms with Gasteiger partial charge < -0.3 is 10.1 Å². The van der Waals surface area contributed by atoms with E-state index in [0.29, 0.717) is 12.8 Å². The zero-order chi connectivity index (χ0) is 18.2. The second-order valence-corrected chi connectivity index (χ2v) is 6.05. The number of hydrogen-bond acceptors (Lipinski definition) is 3. The molecule has 0 aliphatic carbocycles. The van der Waals surface area contributed by atoms with E-state index >= 15 is 0 Å². The number of halogens is 2. The molecule has 0 saturated carbocycles. The predicted molar refractivity (Wildman–Crippen MR) is 96.4 cm³/mol. The van der Waals surface area contributed by atoms with Gasteiger partial charge in [-0.15, -0.1) is 0 Å². The van der Waals surface area contributed by atoms with Gasteiger partial charge in [-0.25, -0.2) is 8.78 Å². The number of rotatable bonds is 9. The number of ether oxygens (including phenoxy) is 1. The van der Waals surface area contributed by atoms with Crippen LogP contribution in [-0.2, 0) is 4.74 Å². The predicted octanol–water partition coefficient (Wildman–Crippen LogP) is 3.96. The van der Waals surface area contributed by atoms with Gasteiger partial charge in [0.1, 0.15) is 17.7 Å². The van der Waals surface area contributed by atoms with Crippen molar-refractivity contribution in [3.05, 3.63) is 71.3 Å². The van der Waals surface area contributed by atoms with E-state index in [9.17, 15) is 8.78 Å². The van der Waals surface area contributed by atoms with Crippen LogP contribution >= 0.6 is 0 Å². The fraction of sp³-hybridized carbons (Fsp3) is 0.400. The molecular weight excluding hydrogens is 322 g/mol. The van der Waals surface area contributed by atoms with Crippen LogP contribution in [0.4, 0.5) is 8.78 Å². The molecule has 1 atom stereocenters. The maximum atomic E-state index is 13.2. The Kier molecular flexibility index (Phi) is 7.50.